The van der Waals surface area contributed by atoms with Crippen molar-refractivity contribution < 1.29 is 5.21 Å². The van der Waals surface area contributed by atoms with E-state index in [-0.39, 0.29) is 5.84 Å². The molecule has 1 aromatic carbocycles. The fourth-order valence-electron chi connectivity index (χ4n) is 1.59. The van der Waals surface area contributed by atoms with Crippen LogP contribution in [0.1, 0.15) is 25.8 Å². The third-order valence-electron chi connectivity index (χ3n) is 2.97. The number of nitrogens with two attached hydrogens (primary N) is 1. The van der Waals surface area contributed by atoms with Crippen LogP contribution in [-0.2, 0) is 0 Å². The number of hydrogen-bond donors (Lipinski definition) is 2. The van der Waals surface area contributed by atoms with E-state index in [9.17, 15) is 0 Å². The lowest BCUT2D eigenvalue weighted by Gasteiger charge is -2.28. The molecule has 0 radical (unpaired) electrons. The van der Waals surface area contributed by atoms with E-state index in [2.05, 4.69) is 23.9 Å². The average Bonchev–Trinajstić information content (AvgIpc) is 2.35. The number of nitrogens with zero attached hydrogens (tertiary/aromatic N) is 2. The monoisotopic (exact) mass is 255 g/mol. The minimum atomic E-state index is 0.0673. The molecular formula is C12H18ClN3O. The first-order valence-corrected chi connectivity index (χ1v) is 5.89. The molecule has 1 rings (SSSR count). The highest BCUT2D eigenvalue weighted by Gasteiger charge is 2.15. The number of anilines is 1. The maximum Gasteiger partial charge on any atom is 0.172 e. The molecule has 0 amide bonds. The Balaban J connectivity index is 3.23. The van der Waals surface area contributed by atoms with Crippen molar-refractivity contribution in [3.63, 3.8) is 0 Å². The van der Waals surface area contributed by atoms with Gasteiger partial charge < -0.3 is 15.8 Å². The Kier molecular flexibility index (Phi) is 4.63. The molecule has 1 atom stereocenters. The number of benzene rings is 1. The van der Waals surface area contributed by atoms with Gasteiger partial charge >= 0.3 is 0 Å². The largest absolute Gasteiger partial charge is 0.409 e. The van der Waals surface area contributed by atoms with E-state index in [1.54, 1.807) is 12.1 Å². The van der Waals surface area contributed by atoms with Crippen molar-refractivity contribution in [2.45, 2.75) is 26.3 Å². The number of halogens is 1. The van der Waals surface area contributed by atoms with Gasteiger partial charge in [-0.05, 0) is 31.5 Å². The molecule has 3 N–H and O–H groups in total. The van der Waals surface area contributed by atoms with Gasteiger partial charge in [0.1, 0.15) is 0 Å². The molecule has 0 saturated heterocycles. The summed E-state index contributed by atoms with van der Waals surface area (Å²) in [6.07, 6.45) is 1.01. The number of amidine groups is 1. The highest BCUT2D eigenvalue weighted by Crippen LogP contribution is 2.25. The Bertz CT molecular complexity index is 420. The van der Waals surface area contributed by atoms with Crippen LogP contribution >= 0.6 is 11.6 Å². The van der Waals surface area contributed by atoms with E-state index in [0.29, 0.717) is 16.6 Å². The van der Waals surface area contributed by atoms with Gasteiger partial charge in [-0.2, -0.15) is 0 Å². The molecule has 0 aliphatic rings. The Hall–Kier alpha value is -1.42. The van der Waals surface area contributed by atoms with Gasteiger partial charge in [0.25, 0.3) is 0 Å². The van der Waals surface area contributed by atoms with Crippen molar-refractivity contribution in [3.05, 3.63) is 28.8 Å². The zero-order chi connectivity index (χ0) is 13.0. The van der Waals surface area contributed by atoms with E-state index in [0.717, 1.165) is 12.1 Å². The number of hydrogen-bond acceptors (Lipinski definition) is 3. The van der Waals surface area contributed by atoms with E-state index in [1.165, 1.54) is 0 Å². The van der Waals surface area contributed by atoms with Crippen molar-refractivity contribution in [2.24, 2.45) is 10.9 Å². The molecule has 0 aromatic heterocycles. The van der Waals surface area contributed by atoms with Gasteiger partial charge in [-0.3, -0.25) is 0 Å². The molecule has 0 spiro atoms. The summed E-state index contributed by atoms with van der Waals surface area (Å²) in [5, 5.41) is 12.4. The predicted molar refractivity (Wildman–Crippen MR) is 72.1 cm³/mol. The standard InChI is InChI=1S/C12H18ClN3O/c1-4-8(2)16(3)11-6-5-9(13)7-10(11)12(14)15-17/h5-8,17H,4H2,1-3H3,(H2,14,15). The SMILES string of the molecule is CCC(C)N(C)c1ccc(Cl)cc1C(N)=NO. The van der Waals surface area contributed by atoms with Gasteiger partial charge in [-0.25, -0.2) is 0 Å². The average molecular weight is 256 g/mol. The highest BCUT2D eigenvalue weighted by molar-refractivity contribution is 6.31. The minimum absolute atomic E-state index is 0.0673. The van der Waals surface area contributed by atoms with Crippen LogP contribution in [0.4, 0.5) is 5.69 Å². The molecule has 0 saturated carbocycles. The molecule has 1 unspecified atom stereocenters. The fourth-order valence-corrected chi connectivity index (χ4v) is 1.76. The van der Waals surface area contributed by atoms with Crippen molar-refractivity contribution in [1.29, 1.82) is 0 Å². The summed E-state index contributed by atoms with van der Waals surface area (Å²) < 4.78 is 0. The summed E-state index contributed by atoms with van der Waals surface area (Å²) in [5.41, 5.74) is 7.20. The highest BCUT2D eigenvalue weighted by atomic mass is 35.5. The van der Waals surface area contributed by atoms with Crippen LogP contribution in [0, 0.1) is 0 Å². The summed E-state index contributed by atoms with van der Waals surface area (Å²) in [6, 6.07) is 5.73. The molecule has 17 heavy (non-hydrogen) atoms. The summed E-state index contributed by atoms with van der Waals surface area (Å²) in [4.78, 5) is 2.09. The van der Waals surface area contributed by atoms with Crippen LogP contribution in [0.5, 0.6) is 0 Å². The zero-order valence-electron chi connectivity index (χ0n) is 10.3. The second kappa shape index (κ2) is 5.77. The van der Waals surface area contributed by atoms with Gasteiger partial charge in [0.2, 0.25) is 0 Å². The second-order valence-corrected chi connectivity index (χ2v) is 4.45. The molecule has 0 fully saturated rings. The molecule has 5 heteroatoms. The molecular weight excluding hydrogens is 238 g/mol. The predicted octanol–water partition coefficient (Wildman–Crippen LogP) is 2.67. The van der Waals surface area contributed by atoms with E-state index >= 15 is 0 Å². The quantitative estimate of drug-likeness (QED) is 0.376. The lowest BCUT2D eigenvalue weighted by Crippen LogP contribution is -2.30. The molecule has 0 bridgehead atoms. The van der Waals surface area contributed by atoms with Gasteiger partial charge in [0, 0.05) is 29.4 Å². The lowest BCUT2D eigenvalue weighted by atomic mass is 10.1. The van der Waals surface area contributed by atoms with Crippen LogP contribution < -0.4 is 10.6 Å². The summed E-state index contributed by atoms with van der Waals surface area (Å²) in [5.74, 6) is 0.0673. The Labute approximate surface area is 107 Å². The Morgan fingerprint density at radius 1 is 1.59 bits per heavy atom. The summed E-state index contributed by atoms with van der Waals surface area (Å²) in [7, 11) is 1.98. The second-order valence-electron chi connectivity index (χ2n) is 4.01. The van der Waals surface area contributed by atoms with Crippen LogP contribution in [0.15, 0.2) is 23.4 Å². The first kappa shape index (κ1) is 13.6. The normalized spacial score (nSPS) is 13.5. The van der Waals surface area contributed by atoms with Crippen LogP contribution in [-0.4, -0.2) is 24.1 Å². The first-order chi connectivity index (χ1) is 8.01. The molecule has 0 aliphatic heterocycles. The van der Waals surface area contributed by atoms with Crippen LogP contribution in [0.3, 0.4) is 0 Å². The van der Waals surface area contributed by atoms with Crippen molar-refractivity contribution in [3.8, 4) is 0 Å². The third-order valence-corrected chi connectivity index (χ3v) is 3.21. The van der Waals surface area contributed by atoms with Crippen molar-refractivity contribution in [2.75, 3.05) is 11.9 Å². The zero-order valence-corrected chi connectivity index (χ0v) is 11.1. The summed E-state index contributed by atoms with van der Waals surface area (Å²) in [6.45, 7) is 4.23. The third kappa shape index (κ3) is 3.03. The topological polar surface area (TPSA) is 61.8 Å². The molecule has 4 nitrogen and oxygen atoms in total. The molecule has 1 aromatic rings. The van der Waals surface area contributed by atoms with Crippen LogP contribution in [0.25, 0.3) is 0 Å². The van der Waals surface area contributed by atoms with E-state index in [4.69, 9.17) is 22.5 Å². The van der Waals surface area contributed by atoms with Gasteiger partial charge in [-0.1, -0.05) is 23.7 Å². The maximum atomic E-state index is 8.78. The van der Waals surface area contributed by atoms with Gasteiger partial charge in [0.15, 0.2) is 5.84 Å². The smallest absolute Gasteiger partial charge is 0.172 e. The minimum Gasteiger partial charge on any atom is -0.409 e. The fraction of sp³-hybridized carbons (Fsp3) is 0.417. The van der Waals surface area contributed by atoms with Crippen LogP contribution in [0.2, 0.25) is 5.02 Å². The summed E-state index contributed by atoms with van der Waals surface area (Å²) >= 11 is 5.93. The van der Waals surface area contributed by atoms with Crippen molar-refractivity contribution >= 4 is 23.1 Å². The lowest BCUT2D eigenvalue weighted by molar-refractivity contribution is 0.318. The van der Waals surface area contributed by atoms with E-state index in [1.807, 2.05) is 13.1 Å². The molecule has 0 aliphatic carbocycles. The number of oxime groups is 1. The van der Waals surface area contributed by atoms with E-state index < -0.39 is 0 Å². The van der Waals surface area contributed by atoms with Gasteiger partial charge in [0.05, 0.1) is 0 Å². The maximum absolute atomic E-state index is 8.78. The Morgan fingerprint density at radius 2 is 2.24 bits per heavy atom. The Morgan fingerprint density at radius 3 is 2.76 bits per heavy atom. The molecule has 94 valence electrons. The number of rotatable bonds is 4. The first-order valence-electron chi connectivity index (χ1n) is 5.51. The van der Waals surface area contributed by atoms with Gasteiger partial charge in [-0.15, -0.1) is 0 Å². The van der Waals surface area contributed by atoms with Crippen molar-refractivity contribution in [1.82, 2.24) is 0 Å². The molecule has 0 heterocycles.